The molecule has 0 aliphatic carbocycles. The summed E-state index contributed by atoms with van der Waals surface area (Å²) in [6, 6.07) is 8.14. The monoisotopic (exact) mass is 252 g/mol. The minimum Gasteiger partial charge on any atom is -0.369 e. The Labute approximate surface area is 109 Å². The van der Waals surface area contributed by atoms with Gasteiger partial charge in [-0.25, -0.2) is 0 Å². The molecule has 1 aromatic rings. The third kappa shape index (κ3) is 3.36. The molecule has 0 spiro atoms. The Hall–Kier alpha value is -0.730. The number of hydrogen-bond donors (Lipinski definition) is 1. The van der Waals surface area contributed by atoms with Gasteiger partial charge in [-0.3, -0.25) is 0 Å². The van der Waals surface area contributed by atoms with Gasteiger partial charge in [-0.05, 0) is 44.5 Å². The lowest BCUT2D eigenvalue weighted by molar-refractivity contribution is 0.402. The van der Waals surface area contributed by atoms with Crippen molar-refractivity contribution in [2.45, 2.75) is 26.3 Å². The molecule has 17 heavy (non-hydrogen) atoms. The van der Waals surface area contributed by atoms with E-state index in [1.165, 1.54) is 5.69 Å². The zero-order valence-electron chi connectivity index (χ0n) is 10.8. The van der Waals surface area contributed by atoms with Gasteiger partial charge in [-0.2, -0.15) is 0 Å². The summed E-state index contributed by atoms with van der Waals surface area (Å²) < 4.78 is 0. The van der Waals surface area contributed by atoms with Crippen LogP contribution in [0.4, 0.5) is 5.69 Å². The fraction of sp³-hybridized carbons (Fsp3) is 0.571. The smallest absolute Gasteiger partial charge is 0.0426 e. The van der Waals surface area contributed by atoms with Crippen LogP contribution in [0.15, 0.2) is 24.3 Å². The Kier molecular flexibility index (Phi) is 3.64. The van der Waals surface area contributed by atoms with E-state index in [1.54, 1.807) is 0 Å². The molecular weight excluding hydrogens is 232 g/mol. The molecule has 1 atom stereocenters. The van der Waals surface area contributed by atoms with Gasteiger partial charge in [0.1, 0.15) is 0 Å². The molecule has 1 aliphatic heterocycles. The summed E-state index contributed by atoms with van der Waals surface area (Å²) in [5.74, 6) is 0.649. The summed E-state index contributed by atoms with van der Waals surface area (Å²) in [5.41, 5.74) is 1.37. The minimum absolute atomic E-state index is 0.146. The van der Waals surface area contributed by atoms with Crippen LogP contribution in [-0.2, 0) is 0 Å². The number of halogens is 1. The summed E-state index contributed by atoms with van der Waals surface area (Å²) in [6.45, 7) is 9.95. The standard InChI is InChI=1S/C14H21ClN2/c1-11-8-16-14(2,3)10-17(9-11)13-6-4-5-12(15)7-13/h4-7,11,16H,8-10H2,1-3H3. The molecule has 1 saturated heterocycles. The van der Waals surface area contributed by atoms with E-state index in [9.17, 15) is 0 Å². The minimum atomic E-state index is 0.146. The van der Waals surface area contributed by atoms with Gasteiger partial charge < -0.3 is 10.2 Å². The van der Waals surface area contributed by atoms with Crippen molar-refractivity contribution in [3.63, 3.8) is 0 Å². The van der Waals surface area contributed by atoms with Crippen LogP contribution in [-0.4, -0.2) is 25.2 Å². The molecule has 3 heteroatoms. The van der Waals surface area contributed by atoms with Crippen LogP contribution in [0.1, 0.15) is 20.8 Å². The lowest BCUT2D eigenvalue weighted by Crippen LogP contribution is -2.46. The maximum atomic E-state index is 6.07. The first-order valence-corrected chi connectivity index (χ1v) is 6.60. The second-order valence-electron chi connectivity index (χ2n) is 5.73. The van der Waals surface area contributed by atoms with Gasteiger partial charge in [-0.15, -0.1) is 0 Å². The summed E-state index contributed by atoms with van der Waals surface area (Å²) in [4.78, 5) is 2.43. The Balaban J connectivity index is 2.23. The van der Waals surface area contributed by atoms with Crippen molar-refractivity contribution in [2.75, 3.05) is 24.5 Å². The highest BCUT2D eigenvalue weighted by Gasteiger charge is 2.26. The van der Waals surface area contributed by atoms with Gasteiger partial charge in [0, 0.05) is 29.3 Å². The fourth-order valence-electron chi connectivity index (χ4n) is 2.36. The molecule has 1 aromatic carbocycles. The number of nitrogens with one attached hydrogen (secondary N) is 1. The summed E-state index contributed by atoms with van der Waals surface area (Å²) in [6.07, 6.45) is 0. The van der Waals surface area contributed by atoms with Crippen molar-refractivity contribution in [2.24, 2.45) is 5.92 Å². The number of benzene rings is 1. The average molecular weight is 253 g/mol. The molecule has 2 rings (SSSR count). The number of rotatable bonds is 1. The molecular formula is C14H21ClN2. The van der Waals surface area contributed by atoms with Crippen LogP contribution in [0.25, 0.3) is 0 Å². The number of anilines is 1. The van der Waals surface area contributed by atoms with Gasteiger partial charge in [0.25, 0.3) is 0 Å². The SMILES string of the molecule is CC1CNC(C)(C)CN(c2cccc(Cl)c2)C1. The van der Waals surface area contributed by atoms with E-state index in [0.29, 0.717) is 5.92 Å². The van der Waals surface area contributed by atoms with Gasteiger partial charge in [0.2, 0.25) is 0 Å². The highest BCUT2D eigenvalue weighted by Crippen LogP contribution is 2.24. The molecule has 0 radical (unpaired) electrons. The summed E-state index contributed by atoms with van der Waals surface area (Å²) in [5, 5.41) is 4.42. The molecule has 1 heterocycles. The molecule has 0 saturated carbocycles. The predicted molar refractivity (Wildman–Crippen MR) is 74.9 cm³/mol. The van der Waals surface area contributed by atoms with E-state index < -0.39 is 0 Å². The van der Waals surface area contributed by atoms with E-state index in [1.807, 2.05) is 12.1 Å². The lowest BCUT2D eigenvalue weighted by atomic mass is 10.1. The molecule has 1 fully saturated rings. The molecule has 1 unspecified atom stereocenters. The zero-order valence-corrected chi connectivity index (χ0v) is 11.6. The van der Waals surface area contributed by atoms with E-state index in [4.69, 9.17) is 11.6 Å². The lowest BCUT2D eigenvalue weighted by Gasteiger charge is -2.31. The number of hydrogen-bond acceptors (Lipinski definition) is 2. The van der Waals surface area contributed by atoms with Crippen LogP contribution in [0.2, 0.25) is 5.02 Å². The maximum absolute atomic E-state index is 6.07. The first kappa shape index (κ1) is 12.7. The first-order valence-electron chi connectivity index (χ1n) is 6.22. The van der Waals surface area contributed by atoms with Crippen LogP contribution < -0.4 is 10.2 Å². The third-order valence-corrected chi connectivity index (χ3v) is 3.46. The summed E-state index contributed by atoms with van der Waals surface area (Å²) in [7, 11) is 0. The van der Waals surface area contributed by atoms with E-state index >= 15 is 0 Å². The molecule has 1 aliphatic rings. The van der Waals surface area contributed by atoms with Crippen molar-refractivity contribution < 1.29 is 0 Å². The molecule has 94 valence electrons. The van der Waals surface area contributed by atoms with Gasteiger partial charge in [0.05, 0.1) is 0 Å². The van der Waals surface area contributed by atoms with Crippen molar-refractivity contribution in [3.8, 4) is 0 Å². The topological polar surface area (TPSA) is 15.3 Å². The second-order valence-corrected chi connectivity index (χ2v) is 6.17. The van der Waals surface area contributed by atoms with Gasteiger partial charge in [0.15, 0.2) is 0 Å². The summed E-state index contributed by atoms with van der Waals surface area (Å²) >= 11 is 6.07. The average Bonchev–Trinajstić information content (AvgIpc) is 2.38. The van der Waals surface area contributed by atoms with E-state index in [2.05, 4.69) is 43.1 Å². The van der Waals surface area contributed by atoms with Gasteiger partial charge >= 0.3 is 0 Å². The predicted octanol–water partition coefficient (Wildman–Crippen LogP) is 3.16. The van der Waals surface area contributed by atoms with Crippen molar-refractivity contribution in [3.05, 3.63) is 29.3 Å². The molecule has 2 nitrogen and oxygen atoms in total. The Bertz CT molecular complexity index is 390. The van der Waals surface area contributed by atoms with Crippen LogP contribution in [0.3, 0.4) is 0 Å². The quantitative estimate of drug-likeness (QED) is 0.826. The van der Waals surface area contributed by atoms with Crippen LogP contribution in [0, 0.1) is 5.92 Å². The maximum Gasteiger partial charge on any atom is 0.0426 e. The first-order chi connectivity index (χ1) is 7.96. The molecule has 0 amide bonds. The van der Waals surface area contributed by atoms with Crippen molar-refractivity contribution in [1.29, 1.82) is 0 Å². The third-order valence-electron chi connectivity index (χ3n) is 3.22. The molecule has 1 N–H and O–H groups in total. The Morgan fingerprint density at radius 3 is 2.88 bits per heavy atom. The number of nitrogens with zero attached hydrogens (tertiary/aromatic N) is 1. The second kappa shape index (κ2) is 4.87. The normalized spacial score (nSPS) is 24.5. The van der Waals surface area contributed by atoms with E-state index in [-0.39, 0.29) is 5.54 Å². The van der Waals surface area contributed by atoms with Crippen LogP contribution in [0.5, 0.6) is 0 Å². The van der Waals surface area contributed by atoms with Crippen LogP contribution >= 0.6 is 11.6 Å². The zero-order chi connectivity index (χ0) is 12.5. The highest BCUT2D eigenvalue weighted by molar-refractivity contribution is 6.30. The highest BCUT2D eigenvalue weighted by atomic mass is 35.5. The van der Waals surface area contributed by atoms with Crippen molar-refractivity contribution >= 4 is 17.3 Å². The van der Waals surface area contributed by atoms with E-state index in [0.717, 1.165) is 24.7 Å². The fourth-order valence-corrected chi connectivity index (χ4v) is 2.54. The Morgan fingerprint density at radius 2 is 2.18 bits per heavy atom. The molecule has 0 bridgehead atoms. The largest absolute Gasteiger partial charge is 0.369 e. The molecule has 0 aromatic heterocycles. The Morgan fingerprint density at radius 1 is 1.41 bits per heavy atom. The van der Waals surface area contributed by atoms with Crippen molar-refractivity contribution in [1.82, 2.24) is 5.32 Å². The van der Waals surface area contributed by atoms with Gasteiger partial charge in [-0.1, -0.05) is 24.6 Å².